The molecule has 4 heteroatoms. The summed E-state index contributed by atoms with van der Waals surface area (Å²) in [4.78, 5) is 0. The second-order valence-electron chi connectivity index (χ2n) is 9.79. The molecule has 0 radical (unpaired) electrons. The summed E-state index contributed by atoms with van der Waals surface area (Å²) in [7, 11) is -3.54. The number of aromatic hydroxyl groups is 2. The Labute approximate surface area is 179 Å². The Morgan fingerprint density at radius 2 is 1.00 bits per heavy atom. The van der Waals surface area contributed by atoms with Crippen LogP contribution in [-0.2, 0) is 15.4 Å². The van der Waals surface area contributed by atoms with Gasteiger partial charge < -0.3 is 14.8 Å². The molecule has 0 saturated heterocycles. The summed E-state index contributed by atoms with van der Waals surface area (Å²) >= 11 is 0. The average molecular weight is 423 g/mol. The fraction of sp³-hybridized carbons (Fsp3) is 0.308. The lowest BCUT2D eigenvalue weighted by atomic mass is 9.86. The highest BCUT2D eigenvalue weighted by atomic mass is 31.2. The standard InChI is InChI=1S/C26H31O3P/c1-25(2,3)19-14-10-16-21(23(19)27)30(29,18-12-8-7-9-13-18)22-17-11-15-20(24(22)28)26(4,5)6/h7-17,27-28H,1-6H3. The summed E-state index contributed by atoms with van der Waals surface area (Å²) in [5.74, 6) is 0.0514. The molecule has 0 aromatic heterocycles. The lowest BCUT2D eigenvalue weighted by molar-refractivity contribution is 0.449. The molecule has 0 unspecified atom stereocenters. The van der Waals surface area contributed by atoms with E-state index in [1.165, 1.54) is 0 Å². The summed E-state index contributed by atoms with van der Waals surface area (Å²) in [6.45, 7) is 12.1. The largest absolute Gasteiger partial charge is 0.507 e. The smallest absolute Gasteiger partial charge is 0.178 e. The van der Waals surface area contributed by atoms with Crippen molar-refractivity contribution in [3.63, 3.8) is 0 Å². The van der Waals surface area contributed by atoms with Gasteiger partial charge >= 0.3 is 0 Å². The lowest BCUT2D eigenvalue weighted by Crippen LogP contribution is -2.28. The van der Waals surface area contributed by atoms with E-state index in [4.69, 9.17) is 0 Å². The van der Waals surface area contributed by atoms with Gasteiger partial charge in [0.25, 0.3) is 0 Å². The minimum atomic E-state index is -3.54. The molecule has 3 aromatic rings. The SMILES string of the molecule is CC(C)(C)c1cccc(P(=O)(c2ccccc2)c2cccc(C(C)(C)C)c2O)c1O. The Balaban J connectivity index is 2.43. The van der Waals surface area contributed by atoms with Gasteiger partial charge in [0.05, 0.1) is 10.6 Å². The predicted octanol–water partition coefficient (Wildman–Crippen LogP) is 5.33. The third-order valence-electron chi connectivity index (χ3n) is 5.44. The minimum Gasteiger partial charge on any atom is -0.507 e. The van der Waals surface area contributed by atoms with E-state index >= 15 is 0 Å². The Morgan fingerprint density at radius 3 is 1.37 bits per heavy atom. The quantitative estimate of drug-likeness (QED) is 0.561. The van der Waals surface area contributed by atoms with Crippen molar-refractivity contribution in [1.82, 2.24) is 0 Å². The maximum Gasteiger partial charge on any atom is 0.178 e. The fourth-order valence-electron chi connectivity index (χ4n) is 3.83. The van der Waals surface area contributed by atoms with Gasteiger partial charge in [-0.05, 0) is 23.0 Å². The Bertz CT molecular complexity index is 1040. The van der Waals surface area contributed by atoms with Crippen LogP contribution in [0.5, 0.6) is 11.5 Å². The van der Waals surface area contributed by atoms with Gasteiger partial charge in [0.2, 0.25) is 0 Å². The molecule has 3 nitrogen and oxygen atoms in total. The first-order valence-corrected chi connectivity index (χ1v) is 11.9. The van der Waals surface area contributed by atoms with Gasteiger partial charge in [-0.2, -0.15) is 0 Å². The third-order valence-corrected chi connectivity index (χ3v) is 8.55. The zero-order valence-electron chi connectivity index (χ0n) is 18.6. The van der Waals surface area contributed by atoms with E-state index in [0.29, 0.717) is 15.9 Å². The molecule has 0 aliphatic heterocycles. The van der Waals surface area contributed by atoms with Crippen molar-refractivity contribution in [3.05, 3.63) is 77.9 Å². The first-order chi connectivity index (χ1) is 13.9. The van der Waals surface area contributed by atoms with Crippen molar-refractivity contribution < 1.29 is 14.8 Å². The van der Waals surface area contributed by atoms with Crippen LogP contribution in [0.25, 0.3) is 0 Å². The van der Waals surface area contributed by atoms with Crippen molar-refractivity contribution in [2.45, 2.75) is 52.4 Å². The summed E-state index contributed by atoms with van der Waals surface area (Å²) in [5.41, 5.74) is 0.804. The maximum atomic E-state index is 14.9. The molecule has 0 amide bonds. The molecular weight excluding hydrogens is 391 g/mol. The Morgan fingerprint density at radius 1 is 0.600 bits per heavy atom. The van der Waals surface area contributed by atoms with Gasteiger partial charge in [-0.15, -0.1) is 0 Å². The number of hydrogen-bond acceptors (Lipinski definition) is 3. The number of benzene rings is 3. The van der Waals surface area contributed by atoms with Gasteiger partial charge in [-0.25, -0.2) is 0 Å². The van der Waals surface area contributed by atoms with Crippen LogP contribution in [0, 0.1) is 0 Å². The molecule has 2 N–H and O–H groups in total. The number of phenolic OH excluding ortho intramolecular Hbond substituents is 2. The van der Waals surface area contributed by atoms with Gasteiger partial charge in [-0.3, -0.25) is 0 Å². The maximum absolute atomic E-state index is 14.9. The number of rotatable bonds is 3. The molecule has 0 spiro atoms. The van der Waals surface area contributed by atoms with Crippen molar-refractivity contribution in [3.8, 4) is 11.5 Å². The monoisotopic (exact) mass is 422 g/mol. The molecule has 0 aliphatic rings. The molecule has 0 atom stereocenters. The van der Waals surface area contributed by atoms with E-state index in [-0.39, 0.29) is 22.3 Å². The molecule has 30 heavy (non-hydrogen) atoms. The van der Waals surface area contributed by atoms with E-state index in [0.717, 1.165) is 11.1 Å². The molecule has 0 bridgehead atoms. The van der Waals surface area contributed by atoms with Crippen LogP contribution in [-0.4, -0.2) is 10.2 Å². The highest BCUT2D eigenvalue weighted by Crippen LogP contribution is 2.50. The Hall–Kier alpha value is -2.51. The van der Waals surface area contributed by atoms with Crippen molar-refractivity contribution in [2.24, 2.45) is 0 Å². The van der Waals surface area contributed by atoms with Crippen LogP contribution in [0.1, 0.15) is 52.7 Å². The molecule has 0 fully saturated rings. The second-order valence-corrected chi connectivity index (χ2v) is 12.5. The third kappa shape index (κ3) is 3.79. The van der Waals surface area contributed by atoms with Crippen molar-refractivity contribution in [1.29, 1.82) is 0 Å². The van der Waals surface area contributed by atoms with Crippen molar-refractivity contribution in [2.75, 3.05) is 0 Å². The zero-order chi connectivity index (χ0) is 22.3. The first-order valence-electron chi connectivity index (χ1n) is 10.2. The average Bonchev–Trinajstić information content (AvgIpc) is 2.66. The molecule has 0 heterocycles. The summed E-state index contributed by atoms with van der Waals surface area (Å²) < 4.78 is 14.9. The molecule has 0 aliphatic carbocycles. The molecule has 0 saturated carbocycles. The molecule has 3 aromatic carbocycles. The highest BCUT2D eigenvalue weighted by molar-refractivity contribution is 7.85. The number of para-hydroxylation sites is 2. The lowest BCUT2D eigenvalue weighted by Gasteiger charge is -2.28. The molecule has 158 valence electrons. The fourth-order valence-corrected chi connectivity index (χ4v) is 6.66. The van der Waals surface area contributed by atoms with Gasteiger partial charge in [-0.1, -0.05) is 96.1 Å². The van der Waals surface area contributed by atoms with Crippen LogP contribution >= 0.6 is 7.14 Å². The normalized spacial score (nSPS) is 12.7. The second kappa shape index (κ2) is 7.63. The molecular formula is C26H31O3P. The number of phenols is 2. The van der Waals surface area contributed by atoms with Crippen LogP contribution in [0.4, 0.5) is 0 Å². The minimum absolute atomic E-state index is 0.0257. The number of hydrogen-bond donors (Lipinski definition) is 2. The van der Waals surface area contributed by atoms with Gasteiger partial charge in [0.1, 0.15) is 11.5 Å². The molecule has 3 rings (SSSR count). The van der Waals surface area contributed by atoms with Crippen LogP contribution in [0.3, 0.4) is 0 Å². The summed E-state index contributed by atoms with van der Waals surface area (Å²) in [5, 5.41) is 23.8. The first kappa shape index (κ1) is 22.2. The zero-order valence-corrected chi connectivity index (χ0v) is 19.5. The van der Waals surface area contributed by atoms with E-state index in [1.54, 1.807) is 24.3 Å². The van der Waals surface area contributed by atoms with Gasteiger partial charge in [0, 0.05) is 16.4 Å². The summed E-state index contributed by atoms with van der Waals surface area (Å²) in [6.07, 6.45) is 0. The van der Waals surface area contributed by atoms with E-state index in [2.05, 4.69) is 0 Å². The van der Waals surface area contributed by atoms with E-state index in [1.807, 2.05) is 84.0 Å². The van der Waals surface area contributed by atoms with Crippen LogP contribution in [0.15, 0.2) is 66.7 Å². The Kier molecular flexibility index (Phi) is 5.64. The van der Waals surface area contributed by atoms with Crippen LogP contribution in [0.2, 0.25) is 0 Å². The highest BCUT2D eigenvalue weighted by Gasteiger charge is 2.37. The van der Waals surface area contributed by atoms with Gasteiger partial charge in [0.15, 0.2) is 7.14 Å². The summed E-state index contributed by atoms with van der Waals surface area (Å²) in [6, 6.07) is 19.9. The topological polar surface area (TPSA) is 57.5 Å². The van der Waals surface area contributed by atoms with Crippen LogP contribution < -0.4 is 15.9 Å². The van der Waals surface area contributed by atoms with Crippen molar-refractivity contribution >= 4 is 23.1 Å². The predicted molar refractivity (Wildman–Crippen MR) is 127 cm³/mol. The van der Waals surface area contributed by atoms with E-state index < -0.39 is 7.14 Å². The van der Waals surface area contributed by atoms with E-state index in [9.17, 15) is 14.8 Å².